The predicted molar refractivity (Wildman–Crippen MR) is 115 cm³/mol. The van der Waals surface area contributed by atoms with Gasteiger partial charge in [0, 0.05) is 39.6 Å². The van der Waals surface area contributed by atoms with Crippen LogP contribution in [0.3, 0.4) is 0 Å². The van der Waals surface area contributed by atoms with Crippen LogP contribution in [0.1, 0.15) is 19.4 Å². The lowest BCUT2D eigenvalue weighted by Gasteiger charge is -2.36. The van der Waals surface area contributed by atoms with Gasteiger partial charge in [-0.15, -0.1) is 24.0 Å². The van der Waals surface area contributed by atoms with E-state index in [1.54, 1.807) is 13.0 Å². The van der Waals surface area contributed by atoms with Gasteiger partial charge in [0.1, 0.15) is 5.75 Å². The summed E-state index contributed by atoms with van der Waals surface area (Å²) in [7, 11) is 0. The Labute approximate surface area is 177 Å². The van der Waals surface area contributed by atoms with E-state index in [1.807, 2.05) is 30.0 Å². The van der Waals surface area contributed by atoms with E-state index in [0.29, 0.717) is 25.4 Å². The van der Waals surface area contributed by atoms with Gasteiger partial charge in [-0.1, -0.05) is 12.1 Å². The fourth-order valence-corrected chi connectivity index (χ4v) is 2.71. The van der Waals surface area contributed by atoms with Crippen LogP contribution >= 0.6 is 24.0 Å². The third kappa shape index (κ3) is 7.61. The van der Waals surface area contributed by atoms with Crippen molar-refractivity contribution < 1.29 is 14.3 Å². The third-order valence-electron chi connectivity index (χ3n) is 4.05. The molecule has 1 aliphatic heterocycles. The lowest BCUT2D eigenvalue weighted by Crippen LogP contribution is -2.53. The van der Waals surface area contributed by atoms with Crippen LogP contribution in [0.15, 0.2) is 29.3 Å². The van der Waals surface area contributed by atoms with Crippen LogP contribution in [0.4, 0.5) is 0 Å². The number of halogens is 1. The van der Waals surface area contributed by atoms with Crippen molar-refractivity contribution in [3.8, 4) is 5.75 Å². The van der Waals surface area contributed by atoms with Crippen LogP contribution in [-0.2, 0) is 16.1 Å². The molecule has 2 rings (SSSR count). The standard InChI is InChI=1S/C18H27N5O3.HI/c1-3-20-18(23-9-7-22(8-10-23)14(2)24)21-12-15-5-4-6-16(11-15)26-13-17(19)25;/h4-6,11H,3,7-10,12-13H2,1-2H3,(H2,19,25)(H,20,21);1H. The predicted octanol–water partition coefficient (Wildman–Crippen LogP) is 0.798. The minimum absolute atomic E-state index is 0. The molecule has 1 fully saturated rings. The SMILES string of the molecule is CCNC(=NCc1cccc(OCC(N)=O)c1)N1CCN(C(C)=O)CC1.I. The number of amides is 2. The molecule has 2 amide bonds. The first-order valence-electron chi connectivity index (χ1n) is 8.78. The monoisotopic (exact) mass is 489 g/mol. The Bertz CT molecular complexity index is 660. The van der Waals surface area contributed by atoms with Crippen molar-refractivity contribution in [2.24, 2.45) is 10.7 Å². The number of benzene rings is 1. The number of guanidine groups is 1. The zero-order valence-electron chi connectivity index (χ0n) is 15.8. The van der Waals surface area contributed by atoms with Crippen LogP contribution in [0.5, 0.6) is 5.75 Å². The minimum Gasteiger partial charge on any atom is -0.484 e. The molecule has 0 atom stereocenters. The van der Waals surface area contributed by atoms with Gasteiger partial charge in [-0.05, 0) is 24.6 Å². The molecule has 1 heterocycles. The molecule has 1 saturated heterocycles. The van der Waals surface area contributed by atoms with Crippen LogP contribution in [0.25, 0.3) is 0 Å². The number of rotatable bonds is 6. The van der Waals surface area contributed by atoms with E-state index in [9.17, 15) is 9.59 Å². The average Bonchev–Trinajstić information content (AvgIpc) is 2.64. The number of carbonyl (C=O) groups excluding carboxylic acids is 2. The van der Waals surface area contributed by atoms with E-state index < -0.39 is 5.91 Å². The van der Waals surface area contributed by atoms with E-state index >= 15 is 0 Å². The molecule has 0 aliphatic carbocycles. The number of aliphatic imine (C=N–C) groups is 1. The van der Waals surface area contributed by atoms with Crippen molar-refractivity contribution in [1.29, 1.82) is 0 Å². The second kappa shape index (κ2) is 11.6. The Morgan fingerprint density at radius 1 is 1.22 bits per heavy atom. The molecule has 0 aromatic heterocycles. The molecule has 0 radical (unpaired) electrons. The quantitative estimate of drug-likeness (QED) is 0.350. The molecule has 3 N–H and O–H groups in total. The lowest BCUT2D eigenvalue weighted by molar-refractivity contribution is -0.130. The van der Waals surface area contributed by atoms with Crippen molar-refractivity contribution in [3.05, 3.63) is 29.8 Å². The highest BCUT2D eigenvalue weighted by atomic mass is 127. The van der Waals surface area contributed by atoms with Gasteiger partial charge in [0.2, 0.25) is 5.91 Å². The number of ether oxygens (including phenoxy) is 1. The number of piperazine rings is 1. The Balaban J connectivity index is 0.00000364. The lowest BCUT2D eigenvalue weighted by atomic mass is 10.2. The summed E-state index contributed by atoms with van der Waals surface area (Å²) in [5.41, 5.74) is 6.07. The fourth-order valence-electron chi connectivity index (χ4n) is 2.71. The normalized spacial score (nSPS) is 14.4. The number of nitrogens with zero attached hydrogens (tertiary/aromatic N) is 3. The van der Waals surface area contributed by atoms with E-state index in [4.69, 9.17) is 15.5 Å². The summed E-state index contributed by atoms with van der Waals surface area (Å²) in [5.74, 6) is 1.03. The molecule has 1 aromatic rings. The second-order valence-corrected chi connectivity index (χ2v) is 6.07. The summed E-state index contributed by atoms with van der Waals surface area (Å²) in [5, 5.41) is 3.30. The molecule has 0 spiro atoms. The molecule has 9 heteroatoms. The summed E-state index contributed by atoms with van der Waals surface area (Å²) in [6.07, 6.45) is 0. The fraction of sp³-hybridized carbons (Fsp3) is 0.500. The number of nitrogens with two attached hydrogens (primary N) is 1. The molecule has 8 nitrogen and oxygen atoms in total. The van der Waals surface area contributed by atoms with Gasteiger partial charge < -0.3 is 25.6 Å². The van der Waals surface area contributed by atoms with E-state index in [1.165, 1.54) is 0 Å². The van der Waals surface area contributed by atoms with Crippen molar-refractivity contribution in [2.75, 3.05) is 39.3 Å². The zero-order chi connectivity index (χ0) is 18.9. The molecule has 1 aromatic carbocycles. The summed E-state index contributed by atoms with van der Waals surface area (Å²) in [6.45, 7) is 7.67. The Hall–Kier alpha value is -2.04. The number of hydrogen-bond acceptors (Lipinski definition) is 4. The number of primary amides is 1. The first-order valence-corrected chi connectivity index (χ1v) is 8.78. The molecule has 1 aliphatic rings. The van der Waals surface area contributed by atoms with Gasteiger partial charge >= 0.3 is 0 Å². The van der Waals surface area contributed by atoms with E-state index in [-0.39, 0.29) is 36.5 Å². The van der Waals surface area contributed by atoms with Gasteiger partial charge in [0.15, 0.2) is 12.6 Å². The second-order valence-electron chi connectivity index (χ2n) is 6.07. The summed E-state index contributed by atoms with van der Waals surface area (Å²) in [4.78, 5) is 31.0. The Kier molecular flexibility index (Phi) is 9.90. The number of nitrogens with one attached hydrogen (secondary N) is 1. The van der Waals surface area contributed by atoms with Gasteiger partial charge in [-0.2, -0.15) is 0 Å². The smallest absolute Gasteiger partial charge is 0.255 e. The van der Waals surface area contributed by atoms with Gasteiger partial charge in [0.05, 0.1) is 6.54 Å². The molecule has 27 heavy (non-hydrogen) atoms. The molecule has 0 unspecified atom stereocenters. The first kappa shape index (κ1) is 23.0. The maximum absolute atomic E-state index is 11.5. The van der Waals surface area contributed by atoms with Crippen molar-refractivity contribution in [2.45, 2.75) is 20.4 Å². The zero-order valence-corrected chi connectivity index (χ0v) is 18.1. The minimum atomic E-state index is -0.507. The van der Waals surface area contributed by atoms with Gasteiger partial charge in [-0.25, -0.2) is 4.99 Å². The molecule has 0 saturated carbocycles. The van der Waals surface area contributed by atoms with Crippen molar-refractivity contribution in [1.82, 2.24) is 15.1 Å². The summed E-state index contributed by atoms with van der Waals surface area (Å²) >= 11 is 0. The van der Waals surface area contributed by atoms with Gasteiger partial charge in [0.25, 0.3) is 5.91 Å². The maximum Gasteiger partial charge on any atom is 0.255 e. The van der Waals surface area contributed by atoms with Crippen LogP contribution < -0.4 is 15.8 Å². The highest BCUT2D eigenvalue weighted by Gasteiger charge is 2.20. The van der Waals surface area contributed by atoms with E-state index in [0.717, 1.165) is 31.2 Å². The van der Waals surface area contributed by atoms with Crippen LogP contribution in [0.2, 0.25) is 0 Å². The van der Waals surface area contributed by atoms with Crippen molar-refractivity contribution in [3.63, 3.8) is 0 Å². The van der Waals surface area contributed by atoms with Gasteiger partial charge in [-0.3, -0.25) is 9.59 Å². The average molecular weight is 489 g/mol. The molecule has 0 bridgehead atoms. The molecule has 150 valence electrons. The van der Waals surface area contributed by atoms with Crippen LogP contribution in [-0.4, -0.2) is 66.9 Å². The Morgan fingerprint density at radius 3 is 2.48 bits per heavy atom. The highest BCUT2D eigenvalue weighted by Crippen LogP contribution is 2.14. The van der Waals surface area contributed by atoms with E-state index in [2.05, 4.69) is 10.2 Å². The van der Waals surface area contributed by atoms with Crippen molar-refractivity contribution >= 4 is 41.8 Å². The maximum atomic E-state index is 11.5. The first-order chi connectivity index (χ1) is 12.5. The summed E-state index contributed by atoms with van der Waals surface area (Å²) in [6, 6.07) is 7.45. The Morgan fingerprint density at radius 2 is 1.89 bits per heavy atom. The third-order valence-corrected chi connectivity index (χ3v) is 4.05. The van der Waals surface area contributed by atoms with Crippen LogP contribution in [0, 0.1) is 0 Å². The summed E-state index contributed by atoms with van der Waals surface area (Å²) < 4.78 is 5.33. The topological polar surface area (TPSA) is 100 Å². The number of carbonyl (C=O) groups is 2. The highest BCUT2D eigenvalue weighted by molar-refractivity contribution is 14.0. The number of hydrogen-bond donors (Lipinski definition) is 2. The largest absolute Gasteiger partial charge is 0.484 e. The molecular formula is C18H28IN5O3. The molecular weight excluding hydrogens is 461 g/mol.